The van der Waals surface area contributed by atoms with Gasteiger partial charge in [0.15, 0.2) is 0 Å². The molecule has 0 N–H and O–H groups in total. The lowest BCUT2D eigenvalue weighted by atomic mass is 10.1. The van der Waals surface area contributed by atoms with Gasteiger partial charge in [0.1, 0.15) is 0 Å². The maximum absolute atomic E-state index is 5.78. The van der Waals surface area contributed by atoms with Gasteiger partial charge in [0.25, 0.3) is 0 Å². The summed E-state index contributed by atoms with van der Waals surface area (Å²) in [4.78, 5) is 2.20. The summed E-state index contributed by atoms with van der Waals surface area (Å²) >= 11 is 0. The Balaban J connectivity index is 0. The van der Waals surface area contributed by atoms with E-state index in [9.17, 15) is 0 Å². The Morgan fingerprint density at radius 3 is 1.48 bits per heavy atom. The minimum Gasteiger partial charge on any atom is -0.338 e. The first-order chi connectivity index (χ1) is 10.6. The fraction of sp³-hybridized carbons (Fsp3) is 1.00. The molecule has 23 heavy (non-hydrogen) atoms. The van der Waals surface area contributed by atoms with Crippen LogP contribution in [0.15, 0.2) is 0 Å². The zero-order valence-corrected chi connectivity index (χ0v) is 18.1. The van der Waals surface area contributed by atoms with Gasteiger partial charge < -0.3 is 9.47 Å². The molecule has 3 nitrogen and oxygen atoms in total. The van der Waals surface area contributed by atoms with Crippen LogP contribution in [-0.4, -0.2) is 37.6 Å². The lowest BCUT2D eigenvalue weighted by molar-refractivity contribution is -0.298. The van der Waals surface area contributed by atoms with Crippen LogP contribution in [0.2, 0.25) is 0 Å². The lowest BCUT2D eigenvalue weighted by Crippen LogP contribution is -2.49. The van der Waals surface area contributed by atoms with Gasteiger partial charge in [0.2, 0.25) is 5.91 Å². The molecule has 0 unspecified atom stereocenters. The normalized spacial score (nSPS) is 11.7. The molecule has 0 rings (SSSR count). The monoisotopic (exact) mass is 395 g/mol. The number of unbranched alkanes of at least 4 members (excludes halogenated alkanes) is 9. The van der Waals surface area contributed by atoms with Crippen molar-refractivity contribution in [3.8, 4) is 0 Å². The van der Waals surface area contributed by atoms with Gasteiger partial charge in [-0.15, -0.1) is 17.0 Å². The van der Waals surface area contributed by atoms with Crippen LogP contribution >= 0.6 is 17.0 Å². The standard InChI is InChI=1S/C19H41NO2.BrH/c1-6-9-10-11-12-13-14-15-16-17-18-20(5)19(4,21-7-2)22-8-3;/h6-18H2,1-5H3;1H. The molecule has 0 atom stereocenters. The molecule has 0 bridgehead atoms. The zero-order valence-electron chi connectivity index (χ0n) is 16.4. The van der Waals surface area contributed by atoms with Crippen molar-refractivity contribution in [3.05, 3.63) is 0 Å². The van der Waals surface area contributed by atoms with Crippen molar-refractivity contribution in [1.82, 2.24) is 4.90 Å². The lowest BCUT2D eigenvalue weighted by Gasteiger charge is -2.37. The first-order valence-corrected chi connectivity index (χ1v) is 9.59. The highest BCUT2D eigenvalue weighted by Crippen LogP contribution is 2.18. The van der Waals surface area contributed by atoms with Gasteiger partial charge in [0, 0.05) is 26.7 Å². The SMILES string of the molecule is Br.CCCCCCCCCCCCN(C)C(C)(OCC)OCC. The molecular weight excluding hydrogens is 354 g/mol. The molecule has 142 valence electrons. The van der Waals surface area contributed by atoms with E-state index in [1.807, 2.05) is 20.8 Å². The molecular formula is C19H42BrNO2. The van der Waals surface area contributed by atoms with Crippen molar-refractivity contribution in [3.63, 3.8) is 0 Å². The average Bonchev–Trinajstić information content (AvgIpc) is 2.49. The van der Waals surface area contributed by atoms with E-state index in [4.69, 9.17) is 9.47 Å². The average molecular weight is 396 g/mol. The van der Waals surface area contributed by atoms with Crippen LogP contribution < -0.4 is 0 Å². The van der Waals surface area contributed by atoms with Crippen molar-refractivity contribution in [1.29, 1.82) is 0 Å². The Morgan fingerprint density at radius 2 is 1.09 bits per heavy atom. The molecule has 0 aromatic carbocycles. The van der Waals surface area contributed by atoms with E-state index in [1.165, 1.54) is 64.2 Å². The van der Waals surface area contributed by atoms with Crippen molar-refractivity contribution in [2.75, 3.05) is 26.8 Å². The van der Waals surface area contributed by atoms with Crippen molar-refractivity contribution >= 4 is 17.0 Å². The molecule has 0 aromatic heterocycles. The van der Waals surface area contributed by atoms with Crippen LogP contribution in [0.4, 0.5) is 0 Å². The summed E-state index contributed by atoms with van der Waals surface area (Å²) in [7, 11) is 2.10. The molecule has 0 heterocycles. The Kier molecular flexibility index (Phi) is 19.1. The van der Waals surface area contributed by atoms with Crippen LogP contribution in [0.1, 0.15) is 91.9 Å². The highest BCUT2D eigenvalue weighted by atomic mass is 79.9. The molecule has 0 spiro atoms. The summed E-state index contributed by atoms with van der Waals surface area (Å²) < 4.78 is 11.6. The Morgan fingerprint density at radius 1 is 0.696 bits per heavy atom. The summed E-state index contributed by atoms with van der Waals surface area (Å²) in [5.74, 6) is -0.567. The van der Waals surface area contributed by atoms with Crippen molar-refractivity contribution in [2.24, 2.45) is 0 Å². The van der Waals surface area contributed by atoms with E-state index in [-0.39, 0.29) is 17.0 Å². The first kappa shape index (κ1) is 25.6. The Bertz CT molecular complexity index is 233. The highest BCUT2D eigenvalue weighted by Gasteiger charge is 2.29. The fourth-order valence-electron chi connectivity index (χ4n) is 2.84. The third kappa shape index (κ3) is 13.3. The molecule has 0 fully saturated rings. The molecule has 0 aliphatic rings. The van der Waals surface area contributed by atoms with Gasteiger partial charge in [-0.05, 0) is 27.3 Å². The number of hydrogen-bond acceptors (Lipinski definition) is 3. The largest absolute Gasteiger partial charge is 0.338 e. The zero-order chi connectivity index (χ0) is 16.7. The van der Waals surface area contributed by atoms with Gasteiger partial charge in [0.05, 0.1) is 0 Å². The molecule has 0 saturated heterocycles. The number of rotatable bonds is 16. The van der Waals surface area contributed by atoms with Crippen LogP contribution in [0.5, 0.6) is 0 Å². The predicted molar refractivity (Wildman–Crippen MR) is 106 cm³/mol. The summed E-state index contributed by atoms with van der Waals surface area (Å²) in [6.07, 6.45) is 13.7. The molecule has 0 radical (unpaired) electrons. The van der Waals surface area contributed by atoms with Crippen molar-refractivity contribution in [2.45, 2.75) is 97.8 Å². The first-order valence-electron chi connectivity index (χ1n) is 9.59. The van der Waals surface area contributed by atoms with E-state index in [1.54, 1.807) is 0 Å². The fourth-order valence-corrected chi connectivity index (χ4v) is 2.84. The van der Waals surface area contributed by atoms with Crippen LogP contribution in [0.3, 0.4) is 0 Å². The number of hydrogen-bond donors (Lipinski definition) is 0. The summed E-state index contributed by atoms with van der Waals surface area (Å²) in [5, 5.41) is 0. The number of halogens is 1. The molecule has 0 saturated carbocycles. The summed E-state index contributed by atoms with van der Waals surface area (Å²) in [6, 6.07) is 0. The number of nitrogens with zero attached hydrogens (tertiary/aromatic N) is 1. The van der Waals surface area contributed by atoms with E-state index in [0.29, 0.717) is 13.2 Å². The third-order valence-corrected chi connectivity index (χ3v) is 4.36. The molecule has 0 aliphatic heterocycles. The van der Waals surface area contributed by atoms with Gasteiger partial charge in [-0.3, -0.25) is 4.90 Å². The maximum atomic E-state index is 5.78. The van der Waals surface area contributed by atoms with E-state index >= 15 is 0 Å². The third-order valence-electron chi connectivity index (χ3n) is 4.36. The summed E-state index contributed by atoms with van der Waals surface area (Å²) in [6.45, 7) is 10.7. The van der Waals surface area contributed by atoms with Gasteiger partial charge in [-0.1, -0.05) is 64.7 Å². The van der Waals surface area contributed by atoms with E-state index < -0.39 is 5.91 Å². The molecule has 0 aliphatic carbocycles. The molecule has 0 aromatic rings. The molecule has 4 heteroatoms. The quantitative estimate of drug-likeness (QED) is 0.230. The maximum Gasteiger partial charge on any atom is 0.226 e. The molecule has 0 amide bonds. The highest BCUT2D eigenvalue weighted by molar-refractivity contribution is 8.93. The van der Waals surface area contributed by atoms with Gasteiger partial charge >= 0.3 is 0 Å². The van der Waals surface area contributed by atoms with Gasteiger partial charge in [-0.25, -0.2) is 0 Å². The van der Waals surface area contributed by atoms with Crippen molar-refractivity contribution < 1.29 is 9.47 Å². The van der Waals surface area contributed by atoms with Crippen LogP contribution in [-0.2, 0) is 9.47 Å². The van der Waals surface area contributed by atoms with Crippen LogP contribution in [0.25, 0.3) is 0 Å². The smallest absolute Gasteiger partial charge is 0.226 e. The number of ether oxygens (including phenoxy) is 2. The second kappa shape index (κ2) is 17.2. The topological polar surface area (TPSA) is 21.7 Å². The second-order valence-corrected chi connectivity index (χ2v) is 6.37. The predicted octanol–water partition coefficient (Wildman–Crippen LogP) is 6.16. The Hall–Kier alpha value is 0.360. The van der Waals surface area contributed by atoms with E-state index in [0.717, 1.165) is 6.54 Å². The minimum absolute atomic E-state index is 0. The summed E-state index contributed by atoms with van der Waals surface area (Å²) in [5.41, 5.74) is 0. The van der Waals surface area contributed by atoms with E-state index in [2.05, 4.69) is 18.9 Å². The van der Waals surface area contributed by atoms with Crippen LogP contribution in [0, 0.1) is 0 Å². The second-order valence-electron chi connectivity index (χ2n) is 6.37. The minimum atomic E-state index is -0.567. The van der Waals surface area contributed by atoms with Gasteiger partial charge in [-0.2, -0.15) is 0 Å². The Labute approximate surface area is 156 Å².